The van der Waals surface area contributed by atoms with Crippen LogP contribution in [0.25, 0.3) is 16.6 Å². The first-order valence-electron chi connectivity index (χ1n) is 9.04. The van der Waals surface area contributed by atoms with Crippen molar-refractivity contribution in [3.05, 3.63) is 65.2 Å². The van der Waals surface area contributed by atoms with Gasteiger partial charge in [0.05, 0.1) is 18.4 Å². The number of amides is 1. The topological polar surface area (TPSA) is 62.6 Å². The molecule has 0 atom stereocenters. The normalized spacial score (nSPS) is 13.9. The zero-order chi connectivity index (χ0) is 18.5. The quantitative estimate of drug-likeness (QED) is 0.596. The first-order chi connectivity index (χ1) is 13.1. The maximum Gasteiger partial charge on any atom is 0.255 e. The Balaban J connectivity index is 1.49. The fourth-order valence-corrected chi connectivity index (χ4v) is 3.92. The van der Waals surface area contributed by atoms with Gasteiger partial charge in [-0.15, -0.1) is 0 Å². The van der Waals surface area contributed by atoms with Crippen LogP contribution in [0.5, 0.6) is 5.75 Å². The Morgan fingerprint density at radius 1 is 1.22 bits per heavy atom. The molecule has 1 N–H and O–H groups in total. The van der Waals surface area contributed by atoms with E-state index in [2.05, 4.69) is 9.97 Å². The summed E-state index contributed by atoms with van der Waals surface area (Å²) in [5, 5.41) is 1.13. The van der Waals surface area contributed by atoms with Gasteiger partial charge in [0.1, 0.15) is 11.4 Å². The Kier molecular flexibility index (Phi) is 3.47. The molecule has 5 rings (SSSR count). The van der Waals surface area contributed by atoms with Crippen molar-refractivity contribution in [2.75, 3.05) is 13.7 Å². The molecule has 0 aliphatic carbocycles. The van der Waals surface area contributed by atoms with Crippen molar-refractivity contribution < 1.29 is 9.53 Å². The van der Waals surface area contributed by atoms with Gasteiger partial charge in [-0.25, -0.2) is 4.98 Å². The molecule has 4 aromatic rings. The van der Waals surface area contributed by atoms with Crippen LogP contribution in [-0.2, 0) is 13.0 Å². The van der Waals surface area contributed by atoms with Gasteiger partial charge in [0.25, 0.3) is 5.91 Å². The second-order valence-electron chi connectivity index (χ2n) is 7.04. The van der Waals surface area contributed by atoms with Crippen LogP contribution in [0.15, 0.2) is 42.7 Å². The van der Waals surface area contributed by atoms with Crippen LogP contribution in [0.4, 0.5) is 0 Å². The zero-order valence-electron chi connectivity index (χ0n) is 15.3. The number of H-pyrrole nitrogens is 1. The number of imidazole rings is 1. The Labute approximate surface area is 156 Å². The van der Waals surface area contributed by atoms with Crippen molar-refractivity contribution in [3.8, 4) is 5.75 Å². The van der Waals surface area contributed by atoms with Crippen molar-refractivity contribution in [1.29, 1.82) is 0 Å². The smallest absolute Gasteiger partial charge is 0.255 e. The number of pyridine rings is 1. The van der Waals surface area contributed by atoms with Gasteiger partial charge in [0.2, 0.25) is 0 Å². The van der Waals surface area contributed by atoms with E-state index in [9.17, 15) is 4.79 Å². The molecule has 0 fully saturated rings. The number of aromatic nitrogens is 3. The molecule has 27 heavy (non-hydrogen) atoms. The monoisotopic (exact) mass is 360 g/mol. The third-order valence-corrected chi connectivity index (χ3v) is 5.29. The molecule has 136 valence electrons. The Morgan fingerprint density at radius 3 is 2.96 bits per heavy atom. The average Bonchev–Trinajstić information content (AvgIpc) is 3.24. The molecule has 3 aromatic heterocycles. The highest BCUT2D eigenvalue weighted by atomic mass is 16.5. The highest BCUT2D eigenvalue weighted by molar-refractivity contribution is 5.95. The van der Waals surface area contributed by atoms with Crippen LogP contribution >= 0.6 is 0 Å². The van der Waals surface area contributed by atoms with Gasteiger partial charge in [0, 0.05) is 54.1 Å². The molecule has 1 aromatic carbocycles. The minimum atomic E-state index is 0.0474. The minimum Gasteiger partial charge on any atom is -0.497 e. The lowest BCUT2D eigenvalue weighted by Gasteiger charge is -2.27. The summed E-state index contributed by atoms with van der Waals surface area (Å²) in [5.41, 5.74) is 5.96. The molecule has 0 radical (unpaired) electrons. The third kappa shape index (κ3) is 2.56. The number of nitrogens with one attached hydrogen (secondary N) is 1. The summed E-state index contributed by atoms with van der Waals surface area (Å²) in [5.74, 6) is 0.875. The summed E-state index contributed by atoms with van der Waals surface area (Å²) in [4.78, 5) is 22.9. The lowest BCUT2D eigenvalue weighted by molar-refractivity contribution is 0.0734. The summed E-state index contributed by atoms with van der Waals surface area (Å²) in [6, 6.07) is 9.78. The standard InChI is InChI=1S/C21H20N4O2/c1-13-10-25-11-14(3-6-20(25)22-13)21(26)24-8-7-19-17(12-24)16-9-15(27-2)4-5-18(16)23-19/h3-6,9-11,23H,7-8,12H2,1-2H3. The Hall–Kier alpha value is -3.28. The molecule has 1 amide bonds. The maximum atomic E-state index is 13.1. The first-order valence-corrected chi connectivity index (χ1v) is 9.04. The van der Waals surface area contributed by atoms with E-state index in [4.69, 9.17) is 4.74 Å². The van der Waals surface area contributed by atoms with Crippen molar-refractivity contribution >= 4 is 22.5 Å². The predicted molar refractivity (Wildman–Crippen MR) is 103 cm³/mol. The summed E-state index contributed by atoms with van der Waals surface area (Å²) in [7, 11) is 1.67. The molecule has 1 aliphatic rings. The van der Waals surface area contributed by atoms with Crippen LogP contribution in [0.2, 0.25) is 0 Å². The fraction of sp³-hybridized carbons (Fsp3) is 0.238. The number of nitrogens with zero attached hydrogens (tertiary/aromatic N) is 3. The maximum absolute atomic E-state index is 13.1. The number of rotatable bonds is 2. The van der Waals surface area contributed by atoms with E-state index in [-0.39, 0.29) is 5.91 Å². The van der Waals surface area contributed by atoms with Crippen LogP contribution in [0, 0.1) is 6.92 Å². The van der Waals surface area contributed by atoms with Gasteiger partial charge >= 0.3 is 0 Å². The van der Waals surface area contributed by atoms with Gasteiger partial charge in [-0.2, -0.15) is 0 Å². The second-order valence-corrected chi connectivity index (χ2v) is 7.04. The summed E-state index contributed by atoms with van der Waals surface area (Å²) < 4.78 is 7.28. The van der Waals surface area contributed by atoms with E-state index >= 15 is 0 Å². The number of fused-ring (bicyclic) bond motifs is 4. The number of hydrogen-bond acceptors (Lipinski definition) is 3. The molecule has 4 heterocycles. The molecule has 6 heteroatoms. The summed E-state index contributed by atoms with van der Waals surface area (Å²) in [6.07, 6.45) is 4.63. The van der Waals surface area contributed by atoms with Gasteiger partial charge in [0.15, 0.2) is 0 Å². The van der Waals surface area contributed by atoms with E-state index in [1.54, 1.807) is 7.11 Å². The molecule has 0 bridgehead atoms. The van der Waals surface area contributed by atoms with Gasteiger partial charge in [-0.1, -0.05) is 0 Å². The van der Waals surface area contributed by atoms with Crippen molar-refractivity contribution in [2.24, 2.45) is 0 Å². The SMILES string of the molecule is COc1ccc2[nH]c3c(c2c1)CN(C(=O)c1ccc2nc(C)cn2c1)CC3. The summed E-state index contributed by atoms with van der Waals surface area (Å²) in [6.45, 7) is 3.26. The molecular formula is C21H20N4O2. The lowest BCUT2D eigenvalue weighted by atomic mass is 10.0. The first kappa shape index (κ1) is 15.9. The van der Waals surface area contributed by atoms with Crippen molar-refractivity contribution in [1.82, 2.24) is 19.3 Å². The number of aryl methyl sites for hydroxylation is 1. The van der Waals surface area contributed by atoms with Gasteiger partial charge in [-0.05, 0) is 37.3 Å². The molecule has 1 aliphatic heterocycles. The molecule has 0 saturated heterocycles. The van der Waals surface area contributed by atoms with Crippen LogP contribution < -0.4 is 4.74 Å². The third-order valence-electron chi connectivity index (χ3n) is 5.29. The number of hydrogen-bond donors (Lipinski definition) is 1. The minimum absolute atomic E-state index is 0.0474. The molecule has 0 saturated carbocycles. The van der Waals surface area contributed by atoms with Crippen LogP contribution in [0.1, 0.15) is 27.3 Å². The number of benzene rings is 1. The summed E-state index contributed by atoms with van der Waals surface area (Å²) >= 11 is 0. The number of carbonyl (C=O) groups is 1. The van der Waals surface area contributed by atoms with Crippen molar-refractivity contribution in [2.45, 2.75) is 19.9 Å². The van der Waals surface area contributed by atoms with E-state index in [0.717, 1.165) is 34.4 Å². The number of carbonyl (C=O) groups excluding carboxylic acids is 1. The zero-order valence-corrected chi connectivity index (χ0v) is 15.3. The van der Waals surface area contributed by atoms with E-state index in [1.165, 1.54) is 11.3 Å². The average molecular weight is 360 g/mol. The molecule has 0 unspecified atom stereocenters. The predicted octanol–water partition coefficient (Wildman–Crippen LogP) is 3.33. The fourth-order valence-electron chi connectivity index (χ4n) is 3.92. The van der Waals surface area contributed by atoms with Crippen LogP contribution in [-0.4, -0.2) is 38.8 Å². The number of ether oxygens (including phenoxy) is 1. The number of methoxy groups -OCH3 is 1. The molecular weight excluding hydrogens is 340 g/mol. The van der Waals surface area contributed by atoms with E-state index in [1.807, 2.05) is 58.9 Å². The molecule has 0 spiro atoms. The largest absolute Gasteiger partial charge is 0.497 e. The highest BCUT2D eigenvalue weighted by Gasteiger charge is 2.25. The molecule has 6 nitrogen and oxygen atoms in total. The number of aromatic amines is 1. The van der Waals surface area contributed by atoms with Crippen LogP contribution in [0.3, 0.4) is 0 Å². The van der Waals surface area contributed by atoms with E-state index in [0.29, 0.717) is 18.7 Å². The lowest BCUT2D eigenvalue weighted by Crippen LogP contribution is -2.35. The second kappa shape index (κ2) is 5.87. The Bertz CT molecular complexity index is 1190. The van der Waals surface area contributed by atoms with E-state index < -0.39 is 0 Å². The van der Waals surface area contributed by atoms with Gasteiger partial charge in [-0.3, -0.25) is 4.79 Å². The van der Waals surface area contributed by atoms with Gasteiger partial charge < -0.3 is 19.0 Å². The Morgan fingerprint density at radius 2 is 2.11 bits per heavy atom. The van der Waals surface area contributed by atoms with Crippen molar-refractivity contribution in [3.63, 3.8) is 0 Å². The highest BCUT2D eigenvalue weighted by Crippen LogP contribution is 2.31.